The van der Waals surface area contributed by atoms with E-state index in [-0.39, 0.29) is 30.2 Å². The van der Waals surface area contributed by atoms with Crippen molar-refractivity contribution in [1.82, 2.24) is 0 Å². The van der Waals surface area contributed by atoms with Crippen molar-refractivity contribution in [3.8, 4) is 0 Å². The summed E-state index contributed by atoms with van der Waals surface area (Å²) >= 11 is 1.95. The van der Waals surface area contributed by atoms with Crippen LogP contribution in [-0.4, -0.2) is 50.6 Å². The van der Waals surface area contributed by atoms with Crippen LogP contribution in [0.4, 0.5) is 5.69 Å². The Balaban J connectivity index is 2.57. The van der Waals surface area contributed by atoms with Gasteiger partial charge in [0.2, 0.25) is 0 Å². The van der Waals surface area contributed by atoms with E-state index in [1.807, 2.05) is 22.6 Å². The van der Waals surface area contributed by atoms with Crippen LogP contribution in [0.2, 0.25) is 0 Å². The first-order valence-electron chi connectivity index (χ1n) is 6.68. The average molecular weight is 447 g/mol. The van der Waals surface area contributed by atoms with Gasteiger partial charge < -0.3 is 24.2 Å². The largest absolute Gasteiger partial charge is 0.478 e. The maximum absolute atomic E-state index is 12.2. The fourth-order valence-electron chi connectivity index (χ4n) is 2.19. The van der Waals surface area contributed by atoms with E-state index in [1.54, 1.807) is 0 Å². The number of hydrogen-bond donors (Lipinski definition) is 1. The summed E-state index contributed by atoms with van der Waals surface area (Å²) in [6, 6.07) is 4.40. The molecule has 128 valence electrons. The van der Waals surface area contributed by atoms with Gasteiger partial charge in [0.25, 0.3) is 0 Å². The number of ether oxygens (including phenoxy) is 3. The molecule has 8 nitrogen and oxygen atoms in total. The topological polar surface area (TPSA) is 102 Å². The highest BCUT2D eigenvalue weighted by Crippen LogP contribution is 2.31. The number of esters is 2. The molecule has 0 aromatic heterocycles. The summed E-state index contributed by atoms with van der Waals surface area (Å²) < 4.78 is 15.4. The quantitative estimate of drug-likeness (QED) is 0.546. The lowest BCUT2D eigenvalue weighted by Gasteiger charge is -2.32. The van der Waals surface area contributed by atoms with Crippen LogP contribution in [0.1, 0.15) is 10.4 Å². The van der Waals surface area contributed by atoms with Crippen LogP contribution in [-0.2, 0) is 23.8 Å². The molecule has 1 N–H and O–H groups in total. The maximum atomic E-state index is 12.2. The van der Waals surface area contributed by atoms with E-state index in [0.717, 1.165) is 0 Å². The van der Waals surface area contributed by atoms with E-state index in [9.17, 15) is 14.4 Å². The third-order valence-electron chi connectivity index (χ3n) is 3.32. The van der Waals surface area contributed by atoms with Gasteiger partial charge in [0.05, 0.1) is 37.7 Å². The standard InChI is InChI=1S/C15H14INO7/c1-22-14(20)9-6-24-7-17(12(9)15(21)23-2)11-4-3-8(13(18)19)5-10(11)16/h3-5H,6-7H2,1-2H3,(H,18,19). The van der Waals surface area contributed by atoms with Gasteiger partial charge in [-0.2, -0.15) is 0 Å². The van der Waals surface area contributed by atoms with Crippen LogP contribution < -0.4 is 4.90 Å². The molecular weight excluding hydrogens is 433 g/mol. The minimum Gasteiger partial charge on any atom is -0.478 e. The number of halogens is 1. The van der Waals surface area contributed by atoms with E-state index >= 15 is 0 Å². The SMILES string of the molecule is COC(=O)C1=C(C(=O)OC)N(c2ccc(C(=O)O)cc2I)COC1. The first kappa shape index (κ1) is 18.2. The molecule has 0 aliphatic carbocycles. The summed E-state index contributed by atoms with van der Waals surface area (Å²) in [5.74, 6) is -2.47. The number of benzene rings is 1. The van der Waals surface area contributed by atoms with Crippen molar-refractivity contribution in [2.75, 3.05) is 32.5 Å². The minimum absolute atomic E-state index is 0.00729. The molecule has 1 aromatic rings. The number of carbonyl (C=O) groups excluding carboxylic acids is 2. The van der Waals surface area contributed by atoms with Gasteiger partial charge in [-0.1, -0.05) is 0 Å². The van der Waals surface area contributed by atoms with Crippen molar-refractivity contribution in [2.45, 2.75) is 0 Å². The van der Waals surface area contributed by atoms with Crippen LogP contribution in [0.3, 0.4) is 0 Å². The fraction of sp³-hybridized carbons (Fsp3) is 0.267. The molecule has 1 aliphatic heterocycles. The summed E-state index contributed by atoms with van der Waals surface area (Å²) in [5, 5.41) is 9.05. The number of nitrogens with zero attached hydrogens (tertiary/aromatic N) is 1. The Hall–Kier alpha value is -2.14. The molecule has 1 heterocycles. The Bertz CT molecular complexity index is 729. The third-order valence-corrected chi connectivity index (χ3v) is 4.18. The molecular formula is C15H14INO7. The third kappa shape index (κ3) is 3.51. The van der Waals surface area contributed by atoms with Crippen LogP contribution in [0, 0.1) is 3.57 Å². The lowest BCUT2D eigenvalue weighted by Crippen LogP contribution is -2.39. The summed E-state index contributed by atoms with van der Waals surface area (Å²) in [4.78, 5) is 36.6. The molecule has 0 fully saturated rings. The number of aromatic carboxylic acids is 1. The first-order valence-corrected chi connectivity index (χ1v) is 7.76. The molecule has 0 spiro atoms. The van der Waals surface area contributed by atoms with Gasteiger partial charge in [0.1, 0.15) is 12.4 Å². The smallest absolute Gasteiger partial charge is 0.355 e. The normalized spacial score (nSPS) is 14.4. The van der Waals surface area contributed by atoms with Crippen molar-refractivity contribution in [2.24, 2.45) is 0 Å². The number of anilines is 1. The number of carboxylic acids is 1. The van der Waals surface area contributed by atoms with Crippen LogP contribution >= 0.6 is 22.6 Å². The molecule has 24 heavy (non-hydrogen) atoms. The Morgan fingerprint density at radius 3 is 2.42 bits per heavy atom. The zero-order valence-corrected chi connectivity index (χ0v) is 15.0. The van der Waals surface area contributed by atoms with Crippen LogP contribution in [0.5, 0.6) is 0 Å². The van der Waals surface area contributed by atoms with Crippen molar-refractivity contribution in [1.29, 1.82) is 0 Å². The van der Waals surface area contributed by atoms with E-state index in [2.05, 4.69) is 4.74 Å². The van der Waals surface area contributed by atoms with Gasteiger partial charge in [-0.25, -0.2) is 14.4 Å². The Kier molecular flexibility index (Phi) is 5.78. The molecule has 1 aromatic carbocycles. The molecule has 9 heteroatoms. The zero-order valence-electron chi connectivity index (χ0n) is 12.9. The number of carbonyl (C=O) groups is 3. The Labute approximate surface area is 151 Å². The predicted octanol–water partition coefficient (Wildman–Crippen LogP) is 1.38. The van der Waals surface area contributed by atoms with E-state index in [0.29, 0.717) is 9.26 Å². The molecule has 1 aliphatic rings. The fourth-order valence-corrected chi connectivity index (χ4v) is 3.00. The number of hydrogen-bond acceptors (Lipinski definition) is 7. The first-order chi connectivity index (χ1) is 11.4. The van der Waals surface area contributed by atoms with Gasteiger partial charge in [0, 0.05) is 3.57 Å². The van der Waals surface area contributed by atoms with Crippen molar-refractivity contribution >= 4 is 46.2 Å². The van der Waals surface area contributed by atoms with Gasteiger partial charge in [-0.05, 0) is 40.8 Å². The van der Waals surface area contributed by atoms with Gasteiger partial charge >= 0.3 is 17.9 Å². The number of methoxy groups -OCH3 is 2. The molecule has 2 rings (SSSR count). The highest BCUT2D eigenvalue weighted by Gasteiger charge is 2.33. The maximum Gasteiger partial charge on any atom is 0.355 e. The van der Waals surface area contributed by atoms with Gasteiger partial charge in [-0.3, -0.25) is 0 Å². The van der Waals surface area contributed by atoms with Gasteiger partial charge in [-0.15, -0.1) is 0 Å². The predicted molar refractivity (Wildman–Crippen MR) is 90.5 cm³/mol. The molecule has 0 saturated heterocycles. The Morgan fingerprint density at radius 2 is 1.88 bits per heavy atom. The molecule has 0 unspecified atom stereocenters. The monoisotopic (exact) mass is 447 g/mol. The van der Waals surface area contributed by atoms with E-state index in [4.69, 9.17) is 14.6 Å². The second kappa shape index (κ2) is 7.62. The number of rotatable bonds is 4. The highest BCUT2D eigenvalue weighted by molar-refractivity contribution is 14.1. The van der Waals surface area contributed by atoms with Crippen molar-refractivity contribution in [3.63, 3.8) is 0 Å². The Morgan fingerprint density at radius 1 is 1.21 bits per heavy atom. The van der Waals surface area contributed by atoms with Crippen molar-refractivity contribution in [3.05, 3.63) is 38.6 Å². The second-order valence-electron chi connectivity index (χ2n) is 4.69. The zero-order chi connectivity index (χ0) is 17.9. The lowest BCUT2D eigenvalue weighted by molar-refractivity contribution is -0.140. The summed E-state index contributed by atoms with van der Waals surface area (Å²) in [6.07, 6.45) is 0. The van der Waals surface area contributed by atoms with Crippen LogP contribution in [0.15, 0.2) is 29.5 Å². The molecule has 0 radical (unpaired) electrons. The summed E-state index contributed by atoms with van der Waals surface area (Å²) in [7, 11) is 2.41. The van der Waals surface area contributed by atoms with E-state index in [1.165, 1.54) is 37.3 Å². The van der Waals surface area contributed by atoms with Crippen molar-refractivity contribution < 1.29 is 33.7 Å². The molecule has 0 saturated carbocycles. The van der Waals surface area contributed by atoms with Gasteiger partial charge in [0.15, 0.2) is 0 Å². The lowest BCUT2D eigenvalue weighted by atomic mass is 10.1. The number of carboxylic acid groups (broad SMARTS) is 1. The molecule has 0 amide bonds. The second-order valence-corrected chi connectivity index (χ2v) is 5.85. The highest BCUT2D eigenvalue weighted by atomic mass is 127. The molecule has 0 bridgehead atoms. The average Bonchev–Trinajstić information content (AvgIpc) is 2.59. The van der Waals surface area contributed by atoms with Crippen LogP contribution in [0.25, 0.3) is 0 Å². The minimum atomic E-state index is -1.06. The summed E-state index contributed by atoms with van der Waals surface area (Å²) in [6.45, 7) is -0.0786. The molecule has 0 atom stereocenters. The summed E-state index contributed by atoms with van der Waals surface area (Å²) in [5.41, 5.74) is 0.672. The van der Waals surface area contributed by atoms with E-state index < -0.39 is 17.9 Å².